The Morgan fingerprint density at radius 1 is 0.655 bits per heavy atom. The number of hydrogen-bond acceptors (Lipinski definition) is 1. The number of benzene rings is 4. The van der Waals surface area contributed by atoms with Crippen LogP contribution in [-0.2, 0) is 5.41 Å². The molecule has 0 saturated heterocycles. The van der Waals surface area contributed by atoms with Gasteiger partial charge >= 0.3 is 0 Å². The van der Waals surface area contributed by atoms with Crippen molar-refractivity contribution in [2.75, 3.05) is 4.90 Å². The molecule has 0 aliphatic heterocycles. The Kier molecular flexibility index (Phi) is 4.22. The first-order valence-corrected chi connectivity index (χ1v) is 10.3. The summed E-state index contributed by atoms with van der Waals surface area (Å²) in [4.78, 5) is 2.31. The highest BCUT2D eigenvalue weighted by molar-refractivity contribution is 6.30. The van der Waals surface area contributed by atoms with Gasteiger partial charge < -0.3 is 4.90 Å². The van der Waals surface area contributed by atoms with E-state index in [0.29, 0.717) is 0 Å². The molecule has 0 bridgehead atoms. The first kappa shape index (κ1) is 18.0. The molecule has 4 aromatic carbocycles. The SMILES string of the molecule is CC1(C)c2ccccc2-c2c(N(c3ccccc3)c3cccc(Cl)c3)cccc21. The van der Waals surface area contributed by atoms with Gasteiger partial charge in [0.1, 0.15) is 0 Å². The topological polar surface area (TPSA) is 3.24 Å². The molecule has 0 atom stereocenters. The lowest BCUT2D eigenvalue weighted by Crippen LogP contribution is -2.16. The van der Waals surface area contributed by atoms with E-state index in [1.165, 1.54) is 27.9 Å². The quantitative estimate of drug-likeness (QED) is 0.338. The van der Waals surface area contributed by atoms with Crippen LogP contribution in [0.5, 0.6) is 0 Å². The number of nitrogens with zero attached hydrogens (tertiary/aromatic N) is 1. The van der Waals surface area contributed by atoms with E-state index >= 15 is 0 Å². The number of halogens is 1. The van der Waals surface area contributed by atoms with Crippen molar-refractivity contribution in [2.24, 2.45) is 0 Å². The highest BCUT2D eigenvalue weighted by Crippen LogP contribution is 2.53. The summed E-state index contributed by atoms with van der Waals surface area (Å²) in [6.45, 7) is 4.63. The van der Waals surface area contributed by atoms with Crippen molar-refractivity contribution in [1.82, 2.24) is 0 Å². The Balaban J connectivity index is 1.82. The summed E-state index contributed by atoms with van der Waals surface area (Å²) < 4.78 is 0. The summed E-state index contributed by atoms with van der Waals surface area (Å²) in [6.07, 6.45) is 0. The fourth-order valence-electron chi connectivity index (χ4n) is 4.54. The van der Waals surface area contributed by atoms with Gasteiger partial charge in [-0.3, -0.25) is 0 Å². The number of anilines is 3. The van der Waals surface area contributed by atoms with E-state index in [1.54, 1.807) is 0 Å². The second-order valence-electron chi connectivity index (χ2n) is 8.02. The molecular weight excluding hydrogens is 374 g/mol. The lowest BCUT2D eigenvalue weighted by molar-refractivity contribution is 0.660. The largest absolute Gasteiger partial charge is 0.310 e. The normalized spacial score (nSPS) is 13.6. The first-order chi connectivity index (χ1) is 14.1. The lowest BCUT2D eigenvalue weighted by atomic mass is 9.82. The Labute approximate surface area is 177 Å². The van der Waals surface area contributed by atoms with E-state index < -0.39 is 0 Å². The third kappa shape index (κ3) is 2.85. The van der Waals surface area contributed by atoms with E-state index in [1.807, 2.05) is 24.3 Å². The zero-order chi connectivity index (χ0) is 20.0. The molecule has 1 aliphatic carbocycles. The number of rotatable bonds is 3. The Hall–Kier alpha value is -3.03. The van der Waals surface area contributed by atoms with Gasteiger partial charge in [-0.05, 0) is 53.1 Å². The van der Waals surface area contributed by atoms with E-state index in [0.717, 1.165) is 16.4 Å². The molecule has 1 aliphatic rings. The minimum absolute atomic E-state index is 0.0291. The van der Waals surface area contributed by atoms with Crippen molar-refractivity contribution in [3.63, 3.8) is 0 Å². The second kappa shape index (κ2) is 6.79. The number of para-hydroxylation sites is 1. The van der Waals surface area contributed by atoms with Crippen LogP contribution in [0.25, 0.3) is 11.1 Å². The zero-order valence-corrected chi connectivity index (χ0v) is 17.3. The Morgan fingerprint density at radius 3 is 2.10 bits per heavy atom. The molecule has 0 radical (unpaired) electrons. The summed E-state index contributed by atoms with van der Waals surface area (Å²) in [5.74, 6) is 0. The first-order valence-electron chi connectivity index (χ1n) is 9.91. The van der Waals surface area contributed by atoms with E-state index in [9.17, 15) is 0 Å². The third-order valence-corrected chi connectivity index (χ3v) is 6.14. The lowest BCUT2D eigenvalue weighted by Gasteiger charge is -2.28. The molecule has 2 heteroatoms. The molecule has 29 heavy (non-hydrogen) atoms. The average Bonchev–Trinajstić information content (AvgIpc) is 2.98. The molecule has 0 heterocycles. The molecule has 4 aromatic rings. The Bertz CT molecular complexity index is 1190. The second-order valence-corrected chi connectivity index (χ2v) is 8.46. The summed E-state index contributed by atoms with van der Waals surface area (Å²) in [6, 6.07) is 34.0. The van der Waals surface area contributed by atoms with E-state index in [-0.39, 0.29) is 5.41 Å². The van der Waals surface area contributed by atoms with E-state index in [2.05, 4.69) is 91.5 Å². The maximum absolute atomic E-state index is 6.38. The van der Waals surface area contributed by atoms with Gasteiger partial charge in [-0.15, -0.1) is 0 Å². The van der Waals surface area contributed by atoms with Crippen LogP contribution in [0, 0.1) is 0 Å². The van der Waals surface area contributed by atoms with Crippen LogP contribution in [0.4, 0.5) is 17.1 Å². The fourth-order valence-corrected chi connectivity index (χ4v) is 4.73. The highest BCUT2D eigenvalue weighted by Gasteiger charge is 2.37. The molecule has 5 rings (SSSR count). The Morgan fingerprint density at radius 2 is 1.31 bits per heavy atom. The smallest absolute Gasteiger partial charge is 0.0543 e. The van der Waals surface area contributed by atoms with Crippen LogP contribution in [0.15, 0.2) is 97.1 Å². The van der Waals surface area contributed by atoms with Crippen LogP contribution in [0.2, 0.25) is 5.02 Å². The van der Waals surface area contributed by atoms with Gasteiger partial charge in [0.2, 0.25) is 0 Å². The van der Waals surface area contributed by atoms with Crippen LogP contribution >= 0.6 is 11.6 Å². The van der Waals surface area contributed by atoms with Gasteiger partial charge in [-0.2, -0.15) is 0 Å². The average molecular weight is 396 g/mol. The van der Waals surface area contributed by atoms with Gasteiger partial charge in [0.25, 0.3) is 0 Å². The molecule has 0 spiro atoms. The number of hydrogen-bond donors (Lipinski definition) is 0. The monoisotopic (exact) mass is 395 g/mol. The van der Waals surface area contributed by atoms with Crippen molar-refractivity contribution >= 4 is 28.7 Å². The van der Waals surface area contributed by atoms with Gasteiger partial charge in [0.15, 0.2) is 0 Å². The van der Waals surface area contributed by atoms with Crippen molar-refractivity contribution in [2.45, 2.75) is 19.3 Å². The maximum atomic E-state index is 6.38. The van der Waals surface area contributed by atoms with Gasteiger partial charge in [-0.25, -0.2) is 0 Å². The molecule has 0 fully saturated rings. The summed E-state index contributed by atoms with van der Waals surface area (Å²) >= 11 is 6.38. The van der Waals surface area contributed by atoms with Crippen molar-refractivity contribution < 1.29 is 0 Å². The van der Waals surface area contributed by atoms with Gasteiger partial charge in [-0.1, -0.05) is 86.1 Å². The van der Waals surface area contributed by atoms with Crippen LogP contribution in [0.3, 0.4) is 0 Å². The van der Waals surface area contributed by atoms with Crippen molar-refractivity contribution in [3.05, 3.63) is 113 Å². The molecule has 0 unspecified atom stereocenters. The zero-order valence-electron chi connectivity index (χ0n) is 16.6. The maximum Gasteiger partial charge on any atom is 0.0543 e. The van der Waals surface area contributed by atoms with Crippen LogP contribution < -0.4 is 4.90 Å². The molecule has 0 amide bonds. The highest BCUT2D eigenvalue weighted by atomic mass is 35.5. The van der Waals surface area contributed by atoms with Crippen LogP contribution in [0.1, 0.15) is 25.0 Å². The molecule has 0 N–H and O–H groups in total. The summed E-state index contributed by atoms with van der Waals surface area (Å²) in [5, 5.41) is 0.733. The van der Waals surface area contributed by atoms with Gasteiger partial charge in [0, 0.05) is 27.4 Å². The van der Waals surface area contributed by atoms with Gasteiger partial charge in [0.05, 0.1) is 5.69 Å². The minimum atomic E-state index is -0.0291. The predicted octanol–water partition coefficient (Wildman–Crippen LogP) is 8.12. The van der Waals surface area contributed by atoms with Crippen molar-refractivity contribution in [3.8, 4) is 11.1 Å². The molecule has 0 saturated carbocycles. The molecule has 0 aromatic heterocycles. The number of fused-ring (bicyclic) bond motifs is 3. The van der Waals surface area contributed by atoms with Crippen molar-refractivity contribution in [1.29, 1.82) is 0 Å². The third-order valence-electron chi connectivity index (χ3n) is 5.91. The predicted molar refractivity (Wildman–Crippen MR) is 124 cm³/mol. The van der Waals surface area contributed by atoms with E-state index in [4.69, 9.17) is 11.6 Å². The standard InChI is InChI=1S/C27H22ClN/c1-27(2)23-15-7-6-14-22(23)26-24(27)16-9-17-25(26)29(20-11-4-3-5-12-20)21-13-8-10-19(28)18-21/h3-18H,1-2H3. The minimum Gasteiger partial charge on any atom is -0.310 e. The van der Waals surface area contributed by atoms with Crippen LogP contribution in [-0.4, -0.2) is 0 Å². The summed E-state index contributed by atoms with van der Waals surface area (Å²) in [7, 11) is 0. The fraction of sp³-hybridized carbons (Fsp3) is 0.111. The molecular formula is C27H22ClN. The molecule has 142 valence electrons. The molecule has 1 nitrogen and oxygen atoms in total. The summed E-state index contributed by atoms with van der Waals surface area (Å²) in [5.41, 5.74) is 8.67.